The molecule has 1 aliphatic heterocycles. The summed E-state index contributed by atoms with van der Waals surface area (Å²) in [6.07, 6.45) is 0. The molecule has 0 saturated heterocycles. The van der Waals surface area contributed by atoms with Gasteiger partial charge >= 0.3 is 5.91 Å². The normalized spacial score (nSPS) is 12.0. The van der Waals surface area contributed by atoms with Crippen molar-refractivity contribution >= 4 is 62.0 Å². The number of imidazole rings is 1. The summed E-state index contributed by atoms with van der Waals surface area (Å²) in [6.45, 7) is 0. The summed E-state index contributed by atoms with van der Waals surface area (Å²) in [7, 11) is 0. The van der Waals surface area contributed by atoms with Crippen molar-refractivity contribution < 1.29 is 9.42 Å². The first-order chi connectivity index (χ1) is 21.1. The predicted molar refractivity (Wildman–Crippen MR) is 158 cm³/mol. The van der Waals surface area contributed by atoms with Crippen molar-refractivity contribution in [1.82, 2.24) is 45.2 Å². The van der Waals surface area contributed by atoms with Crippen LogP contribution in [0.1, 0.15) is 16.2 Å². The standard InChI is InChI=1S/C28H18N12O2S/c29-25-26(38-42-37-25)40-20(13-43-28-32-18-11-5-6-12-19(18)33-28)23(35-39-40)27(41)36-34-22-15-8-2-1-7-14(15)21-24(22)31-17-10-4-3-9-16(17)30-21/h1-12,31H,13H2,(H2,29,37)(H,32,33). The first-order valence-corrected chi connectivity index (χ1v) is 14.0. The second kappa shape index (κ2) is 9.85. The molecular weight excluding hydrogens is 568 g/mol. The van der Waals surface area contributed by atoms with Crippen LogP contribution in [-0.4, -0.2) is 51.2 Å². The zero-order valence-corrected chi connectivity index (χ0v) is 22.8. The Morgan fingerprint density at radius 1 is 0.907 bits per heavy atom. The van der Waals surface area contributed by atoms with Gasteiger partial charge in [0.05, 0.1) is 39.1 Å². The van der Waals surface area contributed by atoms with E-state index in [1.165, 1.54) is 16.4 Å². The number of nitrogens with zero attached hydrogens (tertiary/aromatic N) is 9. The molecule has 0 unspecified atom stereocenters. The molecule has 1 amide bonds. The van der Waals surface area contributed by atoms with Crippen LogP contribution in [0.15, 0.2) is 92.8 Å². The van der Waals surface area contributed by atoms with Crippen molar-refractivity contribution in [2.45, 2.75) is 10.9 Å². The maximum Gasteiger partial charge on any atom is 0.317 e. The summed E-state index contributed by atoms with van der Waals surface area (Å²) in [6, 6.07) is 23.1. The molecule has 6 aromatic rings. The van der Waals surface area contributed by atoms with Crippen LogP contribution in [0.4, 0.5) is 11.5 Å². The fourth-order valence-corrected chi connectivity index (χ4v) is 5.81. The number of rotatable bonds is 6. The van der Waals surface area contributed by atoms with E-state index in [0.29, 0.717) is 22.2 Å². The van der Waals surface area contributed by atoms with Crippen LogP contribution in [0.25, 0.3) is 50.0 Å². The van der Waals surface area contributed by atoms with Crippen molar-refractivity contribution in [2.24, 2.45) is 10.2 Å². The van der Waals surface area contributed by atoms with Gasteiger partial charge in [-0.05, 0) is 34.6 Å². The Balaban J connectivity index is 1.18. The quantitative estimate of drug-likeness (QED) is 0.166. The van der Waals surface area contributed by atoms with Gasteiger partial charge in [-0.15, -0.1) is 15.3 Å². The molecule has 3 aromatic carbocycles. The molecule has 2 aliphatic rings. The Kier molecular flexibility index (Phi) is 5.68. The number of nitrogens with one attached hydrogen (secondary N) is 2. The fourth-order valence-electron chi connectivity index (χ4n) is 4.93. The van der Waals surface area contributed by atoms with Gasteiger partial charge in [0, 0.05) is 16.5 Å². The van der Waals surface area contributed by atoms with Gasteiger partial charge in [-0.1, -0.05) is 65.5 Å². The molecule has 0 radical (unpaired) electrons. The minimum absolute atomic E-state index is 0.00880. The average Bonchev–Trinajstić information content (AvgIpc) is 3.81. The maximum atomic E-state index is 13.5. The maximum absolute atomic E-state index is 13.5. The summed E-state index contributed by atoms with van der Waals surface area (Å²) in [5.74, 6) is -0.384. The van der Waals surface area contributed by atoms with Gasteiger partial charge in [-0.25, -0.2) is 14.6 Å². The van der Waals surface area contributed by atoms with Crippen molar-refractivity contribution in [3.63, 3.8) is 0 Å². The largest absolute Gasteiger partial charge is 0.378 e. The van der Waals surface area contributed by atoms with Crippen molar-refractivity contribution in [2.75, 3.05) is 5.73 Å². The van der Waals surface area contributed by atoms with Crippen molar-refractivity contribution in [3.05, 3.63) is 84.2 Å². The van der Waals surface area contributed by atoms with Crippen molar-refractivity contribution in [3.8, 4) is 17.2 Å². The Bertz CT molecular complexity index is 2280. The lowest BCUT2D eigenvalue weighted by atomic mass is 10.2. The zero-order chi connectivity index (χ0) is 28.9. The number of aromatic nitrogens is 9. The lowest BCUT2D eigenvalue weighted by Crippen LogP contribution is -2.07. The van der Waals surface area contributed by atoms with Crippen LogP contribution in [0.5, 0.6) is 0 Å². The fraction of sp³-hybridized carbons (Fsp3) is 0.0357. The van der Waals surface area contributed by atoms with Gasteiger partial charge < -0.3 is 15.7 Å². The summed E-state index contributed by atoms with van der Waals surface area (Å²) in [4.78, 5) is 29.6. The molecule has 3 aromatic heterocycles. The van der Waals surface area contributed by atoms with Gasteiger partial charge in [0.1, 0.15) is 5.69 Å². The molecular formula is C28H18N12O2S. The summed E-state index contributed by atoms with van der Waals surface area (Å²) >= 11 is 1.35. The summed E-state index contributed by atoms with van der Waals surface area (Å²) in [5, 5.41) is 26.5. The lowest BCUT2D eigenvalue weighted by Gasteiger charge is -2.04. The number of thioether (sulfide) groups is 1. The van der Waals surface area contributed by atoms with E-state index in [9.17, 15) is 4.79 Å². The van der Waals surface area contributed by atoms with Gasteiger partial charge in [-0.3, -0.25) is 4.79 Å². The van der Waals surface area contributed by atoms with Crippen LogP contribution in [0.3, 0.4) is 0 Å². The van der Waals surface area contributed by atoms with Crippen LogP contribution in [0, 0.1) is 0 Å². The van der Waals surface area contributed by atoms with E-state index in [1.807, 2.05) is 72.8 Å². The molecule has 0 atom stereocenters. The molecule has 4 N–H and O–H groups in total. The first kappa shape index (κ1) is 24.8. The second-order valence-corrected chi connectivity index (χ2v) is 10.5. The molecule has 0 fully saturated rings. The number of anilines is 1. The number of hydrogen-bond acceptors (Lipinski definition) is 11. The van der Waals surface area contributed by atoms with Gasteiger partial charge in [0.25, 0.3) is 0 Å². The topological polar surface area (TPSA) is 195 Å². The number of benzene rings is 3. The number of H-pyrrole nitrogens is 2. The minimum Gasteiger partial charge on any atom is -0.378 e. The second-order valence-electron chi connectivity index (χ2n) is 9.49. The number of para-hydroxylation sites is 4. The van der Waals surface area contributed by atoms with Crippen molar-refractivity contribution in [1.29, 1.82) is 0 Å². The number of carbonyl (C=O) groups excluding carboxylic acids is 1. The Hall–Kier alpha value is -5.96. The monoisotopic (exact) mass is 586 g/mol. The van der Waals surface area contributed by atoms with E-state index in [-0.39, 0.29) is 23.1 Å². The summed E-state index contributed by atoms with van der Waals surface area (Å²) in [5.41, 5.74) is 11.5. The molecule has 8 rings (SSSR count). The zero-order valence-electron chi connectivity index (χ0n) is 22.0. The van der Waals surface area contributed by atoms with Gasteiger partial charge in [-0.2, -0.15) is 4.68 Å². The number of carbonyl (C=O) groups is 1. The summed E-state index contributed by atoms with van der Waals surface area (Å²) < 4.78 is 6.07. The Morgan fingerprint density at radius 3 is 2.40 bits per heavy atom. The van der Waals surface area contributed by atoms with Gasteiger partial charge in [0.2, 0.25) is 11.6 Å². The lowest BCUT2D eigenvalue weighted by molar-refractivity contribution is 0.0989. The number of hydrogen-bond donors (Lipinski definition) is 3. The SMILES string of the molecule is Nc1nonc1-n1nnc(C(=O)N=Nc2c3[nH]c4ccccc4nc-3c3ccccc23)c1CSc1nc2ccccc2[nH]1. The number of azo groups is 1. The Morgan fingerprint density at radius 2 is 1.63 bits per heavy atom. The number of fused-ring (bicyclic) bond motifs is 5. The molecule has 14 nitrogen and oxygen atoms in total. The molecule has 208 valence electrons. The van der Waals surface area contributed by atoms with Crippen LogP contribution >= 0.6 is 11.8 Å². The van der Waals surface area contributed by atoms with E-state index in [0.717, 1.165) is 38.5 Å². The number of nitrogen functional groups attached to an aromatic ring is 1. The van der Waals surface area contributed by atoms with Gasteiger partial charge in [0.15, 0.2) is 10.9 Å². The molecule has 0 bridgehead atoms. The Labute approximate surface area is 244 Å². The molecule has 0 saturated carbocycles. The first-order valence-electron chi connectivity index (χ1n) is 13.0. The number of amides is 1. The highest BCUT2D eigenvalue weighted by Crippen LogP contribution is 2.43. The third-order valence-electron chi connectivity index (χ3n) is 6.92. The van der Waals surface area contributed by atoms with E-state index >= 15 is 0 Å². The third kappa shape index (κ3) is 4.17. The smallest absolute Gasteiger partial charge is 0.317 e. The highest BCUT2D eigenvalue weighted by molar-refractivity contribution is 7.98. The average molecular weight is 587 g/mol. The molecule has 0 spiro atoms. The third-order valence-corrected chi connectivity index (χ3v) is 7.81. The molecule has 1 aliphatic carbocycles. The van der Waals surface area contributed by atoms with E-state index in [2.05, 4.69) is 45.8 Å². The van der Waals surface area contributed by atoms with Crippen LogP contribution < -0.4 is 5.73 Å². The van der Waals surface area contributed by atoms with Crippen LogP contribution in [0.2, 0.25) is 0 Å². The molecule has 43 heavy (non-hydrogen) atoms. The van der Waals surface area contributed by atoms with E-state index in [1.54, 1.807) is 0 Å². The molecule has 15 heteroatoms. The van der Waals surface area contributed by atoms with Crippen LogP contribution in [-0.2, 0) is 5.75 Å². The highest BCUT2D eigenvalue weighted by Gasteiger charge is 2.26. The number of nitrogens with two attached hydrogens (primary N) is 1. The number of aromatic amines is 2. The molecule has 4 heterocycles. The highest BCUT2D eigenvalue weighted by atomic mass is 32.2. The minimum atomic E-state index is -0.700. The van der Waals surface area contributed by atoms with E-state index in [4.69, 9.17) is 15.3 Å². The predicted octanol–water partition coefficient (Wildman–Crippen LogP) is 5.46. The van der Waals surface area contributed by atoms with E-state index < -0.39 is 5.91 Å².